The van der Waals surface area contributed by atoms with Gasteiger partial charge in [-0.1, -0.05) is 31.2 Å². The Morgan fingerprint density at radius 3 is 2.37 bits per heavy atom. The van der Waals surface area contributed by atoms with Crippen molar-refractivity contribution in [3.63, 3.8) is 0 Å². The Hall–Kier alpha value is -1.61. The van der Waals surface area contributed by atoms with Gasteiger partial charge in [0.1, 0.15) is 0 Å². The summed E-state index contributed by atoms with van der Waals surface area (Å²) in [5.41, 5.74) is 1.09. The zero-order chi connectivity index (χ0) is 18.8. The van der Waals surface area contributed by atoms with Gasteiger partial charge in [0.25, 0.3) is 0 Å². The van der Waals surface area contributed by atoms with E-state index in [2.05, 4.69) is 46.8 Å². The number of halogens is 1. The van der Waals surface area contributed by atoms with Gasteiger partial charge >= 0.3 is 0 Å². The number of guanidine groups is 1. The molecule has 0 aliphatic heterocycles. The number of rotatable bonds is 8. The average Bonchev–Trinajstić information content (AvgIpc) is 2.68. The predicted molar refractivity (Wildman–Crippen MR) is 125 cm³/mol. The van der Waals surface area contributed by atoms with E-state index in [-0.39, 0.29) is 24.0 Å². The summed E-state index contributed by atoms with van der Waals surface area (Å²) in [7, 11) is 5.05. The van der Waals surface area contributed by atoms with Crippen molar-refractivity contribution in [2.75, 3.05) is 27.8 Å². The minimum absolute atomic E-state index is 0. The van der Waals surface area contributed by atoms with E-state index in [0.29, 0.717) is 11.8 Å². The molecule has 1 unspecified atom stereocenters. The molecule has 0 aromatic heterocycles. The minimum atomic E-state index is 0. The van der Waals surface area contributed by atoms with Gasteiger partial charge in [-0.15, -0.1) is 35.7 Å². The Balaban J connectivity index is 0.00000364. The molecule has 1 atom stereocenters. The second-order valence-electron chi connectivity index (χ2n) is 5.74. The van der Waals surface area contributed by atoms with Gasteiger partial charge in [0.15, 0.2) is 17.5 Å². The van der Waals surface area contributed by atoms with Gasteiger partial charge in [0, 0.05) is 30.3 Å². The summed E-state index contributed by atoms with van der Waals surface area (Å²) < 4.78 is 10.6. The summed E-state index contributed by atoms with van der Waals surface area (Å²) in [5.74, 6) is 2.23. The highest BCUT2D eigenvalue weighted by atomic mass is 127. The lowest BCUT2D eigenvalue weighted by Crippen LogP contribution is -2.39. The summed E-state index contributed by atoms with van der Waals surface area (Å²) >= 11 is 1.84. The third-order valence-corrected chi connectivity index (χ3v) is 4.88. The Bertz CT molecular complexity index is 714. The fourth-order valence-electron chi connectivity index (χ4n) is 2.41. The number of hydrogen-bond acceptors (Lipinski definition) is 4. The van der Waals surface area contributed by atoms with Gasteiger partial charge in [0.2, 0.25) is 0 Å². The quantitative estimate of drug-likeness (QED) is 0.246. The topological polar surface area (TPSA) is 54.9 Å². The molecule has 0 saturated carbocycles. The van der Waals surface area contributed by atoms with E-state index < -0.39 is 0 Å². The Morgan fingerprint density at radius 2 is 1.74 bits per heavy atom. The van der Waals surface area contributed by atoms with Crippen LogP contribution in [-0.2, 0) is 6.54 Å². The molecule has 0 aliphatic carbocycles. The van der Waals surface area contributed by atoms with E-state index in [1.807, 2.05) is 36.0 Å². The number of nitrogens with one attached hydrogen (secondary N) is 2. The minimum Gasteiger partial charge on any atom is -0.493 e. The number of hydrogen-bond donors (Lipinski definition) is 2. The first-order valence-electron chi connectivity index (χ1n) is 8.53. The molecule has 0 aliphatic rings. The molecule has 0 amide bonds. The standard InChI is InChI=1S/C20H27N3O2S.HI/c1-15(26-17-8-6-5-7-9-17)13-22-20(21-2)23-14-16-10-11-18(24-3)19(12-16)25-4;/h5-12,15H,13-14H2,1-4H3,(H2,21,22,23);1H. The highest BCUT2D eigenvalue weighted by Gasteiger charge is 2.07. The normalized spacial score (nSPS) is 11.9. The van der Waals surface area contributed by atoms with Crippen LogP contribution in [0.5, 0.6) is 11.5 Å². The lowest BCUT2D eigenvalue weighted by atomic mass is 10.2. The van der Waals surface area contributed by atoms with Crippen LogP contribution in [0.3, 0.4) is 0 Å². The maximum Gasteiger partial charge on any atom is 0.191 e. The summed E-state index contributed by atoms with van der Waals surface area (Å²) in [5, 5.41) is 7.13. The largest absolute Gasteiger partial charge is 0.493 e. The van der Waals surface area contributed by atoms with Gasteiger partial charge < -0.3 is 20.1 Å². The van der Waals surface area contributed by atoms with Gasteiger partial charge in [0.05, 0.1) is 14.2 Å². The molecule has 0 saturated heterocycles. The second kappa shape index (κ2) is 12.7. The summed E-state index contributed by atoms with van der Waals surface area (Å²) in [6.07, 6.45) is 0. The van der Waals surface area contributed by atoms with Crippen molar-refractivity contribution in [3.05, 3.63) is 54.1 Å². The molecule has 2 aromatic rings. The number of nitrogens with zero attached hydrogens (tertiary/aromatic N) is 1. The lowest BCUT2D eigenvalue weighted by molar-refractivity contribution is 0.354. The third kappa shape index (κ3) is 7.88. The SMILES string of the molecule is CN=C(NCc1ccc(OC)c(OC)c1)NCC(C)Sc1ccccc1.I. The van der Waals surface area contributed by atoms with Crippen molar-refractivity contribution in [2.45, 2.75) is 23.6 Å². The lowest BCUT2D eigenvalue weighted by Gasteiger charge is -2.16. The molecule has 0 spiro atoms. The molecule has 148 valence electrons. The van der Waals surface area contributed by atoms with Crippen LogP contribution in [0.2, 0.25) is 0 Å². The molecule has 0 bridgehead atoms. The molecule has 0 fully saturated rings. The van der Waals surface area contributed by atoms with E-state index in [0.717, 1.165) is 29.6 Å². The Morgan fingerprint density at radius 1 is 1.04 bits per heavy atom. The summed E-state index contributed by atoms with van der Waals surface area (Å²) in [6.45, 7) is 3.68. The van der Waals surface area contributed by atoms with Crippen LogP contribution in [0.4, 0.5) is 0 Å². The van der Waals surface area contributed by atoms with Crippen LogP contribution < -0.4 is 20.1 Å². The van der Waals surface area contributed by atoms with E-state index >= 15 is 0 Å². The molecule has 0 heterocycles. The van der Waals surface area contributed by atoms with Crippen molar-refractivity contribution in [1.29, 1.82) is 0 Å². The molecule has 7 heteroatoms. The predicted octanol–water partition coefficient (Wildman–Crippen LogP) is 4.17. The first kappa shape index (κ1) is 23.4. The third-order valence-electron chi connectivity index (χ3n) is 3.77. The fourth-order valence-corrected chi connectivity index (χ4v) is 3.36. The zero-order valence-corrected chi connectivity index (χ0v) is 19.3. The molecule has 5 nitrogen and oxygen atoms in total. The van der Waals surface area contributed by atoms with E-state index in [1.165, 1.54) is 4.90 Å². The highest BCUT2D eigenvalue weighted by Crippen LogP contribution is 2.27. The maximum absolute atomic E-state index is 5.34. The molecular weight excluding hydrogens is 473 g/mol. The first-order chi connectivity index (χ1) is 12.7. The van der Waals surface area contributed by atoms with Crippen molar-refractivity contribution >= 4 is 41.7 Å². The van der Waals surface area contributed by atoms with E-state index in [4.69, 9.17) is 9.47 Å². The van der Waals surface area contributed by atoms with Crippen molar-refractivity contribution in [1.82, 2.24) is 10.6 Å². The van der Waals surface area contributed by atoms with Gasteiger partial charge in [-0.2, -0.15) is 0 Å². The van der Waals surface area contributed by atoms with Crippen LogP contribution >= 0.6 is 35.7 Å². The Kier molecular flexibility index (Phi) is 11.0. The van der Waals surface area contributed by atoms with Crippen LogP contribution in [0.15, 0.2) is 58.4 Å². The van der Waals surface area contributed by atoms with Crippen LogP contribution in [0.25, 0.3) is 0 Å². The molecule has 2 rings (SSSR count). The summed E-state index contributed by atoms with van der Waals surface area (Å²) in [4.78, 5) is 5.56. The number of aliphatic imine (C=N–C) groups is 1. The number of benzene rings is 2. The van der Waals surface area contributed by atoms with Gasteiger partial charge in [-0.05, 0) is 29.8 Å². The smallest absolute Gasteiger partial charge is 0.191 e. The van der Waals surface area contributed by atoms with E-state index in [9.17, 15) is 0 Å². The van der Waals surface area contributed by atoms with E-state index in [1.54, 1.807) is 21.3 Å². The maximum atomic E-state index is 5.34. The Labute approximate surface area is 183 Å². The first-order valence-corrected chi connectivity index (χ1v) is 9.41. The molecule has 2 aromatic carbocycles. The van der Waals surface area contributed by atoms with Crippen LogP contribution in [0, 0.1) is 0 Å². The van der Waals surface area contributed by atoms with Crippen molar-refractivity contribution in [3.8, 4) is 11.5 Å². The second-order valence-corrected chi connectivity index (χ2v) is 7.25. The zero-order valence-electron chi connectivity index (χ0n) is 16.2. The fraction of sp³-hybridized carbons (Fsp3) is 0.350. The highest BCUT2D eigenvalue weighted by molar-refractivity contribution is 14.0. The molecule has 2 N–H and O–H groups in total. The van der Waals surface area contributed by atoms with Crippen LogP contribution in [-0.4, -0.2) is 39.0 Å². The van der Waals surface area contributed by atoms with Crippen molar-refractivity contribution in [2.24, 2.45) is 4.99 Å². The molecule has 0 radical (unpaired) electrons. The van der Waals surface area contributed by atoms with Crippen molar-refractivity contribution < 1.29 is 9.47 Å². The van der Waals surface area contributed by atoms with Gasteiger partial charge in [-0.25, -0.2) is 0 Å². The average molecular weight is 501 g/mol. The number of thioether (sulfide) groups is 1. The van der Waals surface area contributed by atoms with Crippen LogP contribution in [0.1, 0.15) is 12.5 Å². The van der Waals surface area contributed by atoms with Gasteiger partial charge in [-0.3, -0.25) is 4.99 Å². The monoisotopic (exact) mass is 501 g/mol. The number of ether oxygens (including phenoxy) is 2. The molecule has 27 heavy (non-hydrogen) atoms. The number of methoxy groups -OCH3 is 2. The molecular formula is C20H28IN3O2S. The summed E-state index contributed by atoms with van der Waals surface area (Å²) in [6, 6.07) is 16.3.